The molecule has 3 heterocycles. The Labute approximate surface area is 181 Å². The van der Waals surface area contributed by atoms with Crippen LogP contribution in [0.25, 0.3) is 10.8 Å². The van der Waals surface area contributed by atoms with Gasteiger partial charge < -0.3 is 9.80 Å². The fourth-order valence-electron chi connectivity index (χ4n) is 4.99. The molecule has 1 fully saturated rings. The highest BCUT2D eigenvalue weighted by Crippen LogP contribution is 2.35. The van der Waals surface area contributed by atoms with Gasteiger partial charge in [-0.2, -0.15) is 0 Å². The van der Waals surface area contributed by atoms with E-state index in [-0.39, 0.29) is 23.8 Å². The van der Waals surface area contributed by atoms with Crippen LogP contribution in [0.15, 0.2) is 53.9 Å². The monoisotopic (exact) mass is 418 g/mol. The van der Waals surface area contributed by atoms with Gasteiger partial charge in [0.2, 0.25) is 5.91 Å². The van der Waals surface area contributed by atoms with E-state index in [4.69, 9.17) is 0 Å². The summed E-state index contributed by atoms with van der Waals surface area (Å²) in [7, 11) is 0. The lowest BCUT2D eigenvalue weighted by Gasteiger charge is -2.39. The van der Waals surface area contributed by atoms with Gasteiger partial charge in [-0.25, -0.2) is 0 Å². The highest BCUT2D eigenvalue weighted by atomic mass is 32.1. The van der Waals surface area contributed by atoms with Crippen molar-refractivity contribution >= 4 is 33.9 Å². The first-order valence-corrected chi connectivity index (χ1v) is 11.6. The Hall–Kier alpha value is -2.66. The highest BCUT2D eigenvalue weighted by molar-refractivity contribution is 7.10. The molecule has 0 saturated carbocycles. The van der Waals surface area contributed by atoms with Gasteiger partial charge in [-0.15, -0.1) is 11.3 Å². The van der Waals surface area contributed by atoms with Crippen LogP contribution < -0.4 is 0 Å². The molecule has 0 N–H and O–H groups in total. The minimum absolute atomic E-state index is 0.0381. The predicted octanol–water partition coefficient (Wildman–Crippen LogP) is 4.90. The normalized spacial score (nSPS) is 21.5. The van der Waals surface area contributed by atoms with E-state index in [2.05, 4.69) is 18.4 Å². The van der Waals surface area contributed by atoms with Crippen LogP contribution in [0.2, 0.25) is 0 Å². The van der Waals surface area contributed by atoms with E-state index in [9.17, 15) is 9.59 Å². The van der Waals surface area contributed by atoms with Gasteiger partial charge in [0.05, 0.1) is 12.0 Å². The molecule has 0 unspecified atom stereocenters. The van der Waals surface area contributed by atoms with Crippen LogP contribution in [0.4, 0.5) is 0 Å². The SMILES string of the molecule is C[C@H]1c2ccsc2CCN1C(=O)[C@H]1CCCN(C(=O)c2cccc3ccccc23)C1. The van der Waals surface area contributed by atoms with E-state index in [1.165, 1.54) is 10.4 Å². The summed E-state index contributed by atoms with van der Waals surface area (Å²) in [6.07, 6.45) is 2.67. The molecule has 0 aliphatic carbocycles. The number of likely N-dealkylation sites (tertiary alicyclic amines) is 1. The smallest absolute Gasteiger partial charge is 0.254 e. The van der Waals surface area contributed by atoms with E-state index in [1.807, 2.05) is 52.3 Å². The minimum atomic E-state index is -0.111. The van der Waals surface area contributed by atoms with Crippen LogP contribution in [0.3, 0.4) is 0 Å². The van der Waals surface area contributed by atoms with Crippen molar-refractivity contribution in [3.8, 4) is 0 Å². The van der Waals surface area contributed by atoms with E-state index in [0.29, 0.717) is 6.54 Å². The third kappa shape index (κ3) is 3.31. The Balaban J connectivity index is 1.35. The molecule has 0 radical (unpaired) electrons. The summed E-state index contributed by atoms with van der Waals surface area (Å²) in [5.41, 5.74) is 2.02. The molecule has 2 amide bonds. The van der Waals surface area contributed by atoms with E-state index in [0.717, 1.165) is 48.7 Å². The van der Waals surface area contributed by atoms with Crippen molar-refractivity contribution in [2.75, 3.05) is 19.6 Å². The lowest BCUT2D eigenvalue weighted by Crippen LogP contribution is -2.48. The van der Waals surface area contributed by atoms with Crippen molar-refractivity contribution in [2.45, 2.75) is 32.2 Å². The quantitative estimate of drug-likeness (QED) is 0.594. The Kier molecular flexibility index (Phi) is 5.07. The molecule has 1 saturated heterocycles. The summed E-state index contributed by atoms with van der Waals surface area (Å²) in [5, 5.41) is 4.18. The third-order valence-electron chi connectivity index (χ3n) is 6.64. The lowest BCUT2D eigenvalue weighted by molar-refractivity contribution is -0.139. The van der Waals surface area contributed by atoms with Crippen molar-refractivity contribution in [3.05, 3.63) is 69.9 Å². The number of benzene rings is 2. The predicted molar refractivity (Wildman–Crippen MR) is 121 cm³/mol. The number of nitrogens with zero attached hydrogens (tertiary/aromatic N) is 2. The van der Waals surface area contributed by atoms with Crippen LogP contribution in [0, 0.1) is 5.92 Å². The Morgan fingerprint density at radius 1 is 1.03 bits per heavy atom. The molecule has 30 heavy (non-hydrogen) atoms. The number of fused-ring (bicyclic) bond motifs is 2. The number of hydrogen-bond donors (Lipinski definition) is 0. The van der Waals surface area contributed by atoms with Crippen LogP contribution in [0.1, 0.15) is 46.6 Å². The Morgan fingerprint density at radius 3 is 2.77 bits per heavy atom. The van der Waals surface area contributed by atoms with Gasteiger partial charge in [-0.05, 0) is 60.0 Å². The summed E-state index contributed by atoms with van der Waals surface area (Å²) < 4.78 is 0. The zero-order valence-corrected chi connectivity index (χ0v) is 18.0. The summed E-state index contributed by atoms with van der Waals surface area (Å²) in [4.78, 5) is 32.1. The molecule has 5 heteroatoms. The number of thiophene rings is 1. The molecule has 0 bridgehead atoms. The molecule has 5 rings (SSSR count). The van der Waals surface area contributed by atoms with Crippen molar-refractivity contribution in [2.24, 2.45) is 5.92 Å². The van der Waals surface area contributed by atoms with Gasteiger partial charge in [0.25, 0.3) is 5.91 Å². The minimum Gasteiger partial charge on any atom is -0.338 e. The summed E-state index contributed by atoms with van der Waals surface area (Å²) in [5.74, 6) is 0.131. The fourth-order valence-corrected chi connectivity index (χ4v) is 5.95. The molecular weight excluding hydrogens is 392 g/mol. The molecule has 3 aromatic rings. The average Bonchev–Trinajstić information content (AvgIpc) is 3.28. The van der Waals surface area contributed by atoms with Crippen molar-refractivity contribution in [1.29, 1.82) is 0 Å². The summed E-state index contributed by atoms with van der Waals surface area (Å²) in [6.45, 7) is 4.14. The zero-order chi connectivity index (χ0) is 20.7. The second-order valence-corrected chi connectivity index (χ2v) is 9.37. The number of rotatable bonds is 2. The molecule has 2 aromatic carbocycles. The molecule has 2 aliphatic rings. The number of carbonyl (C=O) groups is 2. The molecule has 154 valence electrons. The Morgan fingerprint density at radius 2 is 1.87 bits per heavy atom. The maximum atomic E-state index is 13.4. The molecule has 1 aromatic heterocycles. The molecule has 2 aliphatic heterocycles. The summed E-state index contributed by atoms with van der Waals surface area (Å²) >= 11 is 1.79. The largest absolute Gasteiger partial charge is 0.338 e. The van der Waals surface area contributed by atoms with Crippen LogP contribution >= 0.6 is 11.3 Å². The number of carbonyl (C=O) groups excluding carboxylic acids is 2. The van der Waals surface area contributed by atoms with Gasteiger partial charge in [-0.3, -0.25) is 9.59 Å². The van der Waals surface area contributed by atoms with Gasteiger partial charge in [0.15, 0.2) is 0 Å². The number of hydrogen-bond acceptors (Lipinski definition) is 3. The summed E-state index contributed by atoms with van der Waals surface area (Å²) in [6, 6.07) is 16.2. The molecule has 0 spiro atoms. The molecular formula is C25H26N2O2S. The second-order valence-electron chi connectivity index (χ2n) is 8.37. The maximum Gasteiger partial charge on any atom is 0.254 e. The average molecular weight is 419 g/mol. The van der Waals surface area contributed by atoms with E-state index in [1.54, 1.807) is 11.3 Å². The first-order valence-electron chi connectivity index (χ1n) is 10.8. The van der Waals surface area contributed by atoms with Crippen molar-refractivity contribution in [3.63, 3.8) is 0 Å². The third-order valence-corrected chi connectivity index (χ3v) is 7.63. The van der Waals surface area contributed by atoms with E-state index >= 15 is 0 Å². The highest BCUT2D eigenvalue weighted by Gasteiger charge is 2.36. The van der Waals surface area contributed by atoms with Crippen LogP contribution in [-0.2, 0) is 11.2 Å². The topological polar surface area (TPSA) is 40.6 Å². The van der Waals surface area contributed by atoms with Crippen LogP contribution in [0.5, 0.6) is 0 Å². The van der Waals surface area contributed by atoms with Gasteiger partial charge in [0.1, 0.15) is 0 Å². The Bertz CT molecular complexity index is 1100. The first-order chi connectivity index (χ1) is 14.6. The van der Waals surface area contributed by atoms with Crippen LogP contribution in [-0.4, -0.2) is 41.2 Å². The fraction of sp³-hybridized carbons (Fsp3) is 0.360. The van der Waals surface area contributed by atoms with Gasteiger partial charge in [-0.1, -0.05) is 36.4 Å². The maximum absolute atomic E-state index is 13.4. The zero-order valence-electron chi connectivity index (χ0n) is 17.2. The number of piperidine rings is 1. The molecule has 4 nitrogen and oxygen atoms in total. The van der Waals surface area contributed by atoms with Gasteiger partial charge >= 0.3 is 0 Å². The van der Waals surface area contributed by atoms with Crippen molar-refractivity contribution in [1.82, 2.24) is 9.80 Å². The number of amides is 2. The standard InChI is InChI=1S/C25H26N2O2S/c1-17-20-12-15-30-23(20)11-14-27(17)24(28)19-8-5-13-26(16-19)25(29)22-10-4-7-18-6-2-3-9-21(18)22/h2-4,6-7,9-10,12,15,17,19H,5,8,11,13-14,16H2,1H3/t17-,19-/m0/s1. The molecule has 2 atom stereocenters. The van der Waals surface area contributed by atoms with Gasteiger partial charge in [0, 0.05) is 30.1 Å². The second kappa shape index (κ2) is 7.88. The lowest BCUT2D eigenvalue weighted by atomic mass is 9.92. The first kappa shape index (κ1) is 19.3. The van der Waals surface area contributed by atoms with E-state index < -0.39 is 0 Å². The van der Waals surface area contributed by atoms with Crippen molar-refractivity contribution < 1.29 is 9.59 Å².